The minimum absolute atomic E-state index is 0.328. The summed E-state index contributed by atoms with van der Waals surface area (Å²) in [6.45, 7) is 31.7. The van der Waals surface area contributed by atoms with Crippen molar-refractivity contribution in [2.45, 2.75) is 136 Å². The summed E-state index contributed by atoms with van der Waals surface area (Å²) < 4.78 is 7.39. The van der Waals surface area contributed by atoms with Gasteiger partial charge in [0.15, 0.2) is 8.07 Å². The summed E-state index contributed by atoms with van der Waals surface area (Å²) in [5.41, 5.74) is 1.94. The molecule has 0 aromatic carbocycles. The van der Waals surface area contributed by atoms with E-state index >= 15 is 0 Å². The number of hydrogen-bond acceptors (Lipinski definition) is 1. The lowest BCUT2D eigenvalue weighted by molar-refractivity contribution is 0.398. The summed E-state index contributed by atoms with van der Waals surface area (Å²) in [6.07, 6.45) is 3.85. The molecule has 0 saturated carbocycles. The van der Waals surface area contributed by atoms with Crippen molar-refractivity contribution >= 4 is 16.4 Å². The Morgan fingerprint density at radius 3 is 1.46 bits per heavy atom. The first-order valence-corrected chi connectivity index (χ1v) is 15.2. The summed E-state index contributed by atoms with van der Waals surface area (Å²) in [4.78, 5) is 0. The van der Waals surface area contributed by atoms with E-state index < -0.39 is 16.4 Å². The molecule has 0 amide bonds. The second-order valence-electron chi connectivity index (χ2n) is 11.6. The van der Waals surface area contributed by atoms with Crippen LogP contribution in [0.2, 0.25) is 26.7 Å². The van der Waals surface area contributed by atoms with Crippen LogP contribution in [0.1, 0.15) is 109 Å². The molecule has 1 rings (SSSR count). The van der Waals surface area contributed by atoms with E-state index in [4.69, 9.17) is 4.43 Å². The molecule has 0 fully saturated rings. The fourth-order valence-corrected chi connectivity index (χ4v) is 19.9. The quantitative estimate of drug-likeness (QED) is 0.372. The Hall–Kier alpha value is -0.0262. The van der Waals surface area contributed by atoms with Gasteiger partial charge in [0.2, 0.25) is 0 Å². The zero-order chi connectivity index (χ0) is 20.7. The Balaban J connectivity index is 3.50. The highest BCUT2D eigenvalue weighted by Gasteiger charge is 2.71. The van der Waals surface area contributed by atoms with Crippen LogP contribution in [0.25, 0.3) is 0 Å². The second-order valence-corrected chi connectivity index (χ2v) is 22.5. The highest BCUT2D eigenvalue weighted by atomic mass is 28.4. The summed E-state index contributed by atoms with van der Waals surface area (Å²) in [6, 6.07) is 0. The van der Waals surface area contributed by atoms with Gasteiger partial charge in [0, 0.05) is 0 Å². The molecule has 0 unspecified atom stereocenters. The van der Waals surface area contributed by atoms with Gasteiger partial charge in [-0.15, -0.1) is 0 Å². The third kappa shape index (κ3) is 3.64. The molecular weight excluding hydrogens is 348 g/mol. The first-order valence-electron chi connectivity index (χ1n) is 11.0. The number of unbranched alkanes of at least 4 members (excludes halogenated alkanes) is 1. The molecule has 154 valence electrons. The van der Waals surface area contributed by atoms with Crippen molar-refractivity contribution < 1.29 is 4.43 Å². The lowest BCUT2D eigenvalue weighted by atomic mass is 10.2. The van der Waals surface area contributed by atoms with Crippen LogP contribution >= 0.6 is 0 Å². The topological polar surface area (TPSA) is 9.23 Å². The van der Waals surface area contributed by atoms with E-state index in [0.29, 0.717) is 26.7 Å². The lowest BCUT2D eigenvalue weighted by Gasteiger charge is -2.46. The molecule has 0 spiro atoms. The van der Waals surface area contributed by atoms with Crippen molar-refractivity contribution in [3.05, 3.63) is 10.6 Å². The second kappa shape index (κ2) is 7.77. The first-order chi connectivity index (χ1) is 11.6. The van der Waals surface area contributed by atoms with Gasteiger partial charge in [-0.3, -0.25) is 0 Å². The number of rotatable bonds is 8. The molecule has 26 heavy (non-hydrogen) atoms. The van der Waals surface area contributed by atoms with Gasteiger partial charge in [0.25, 0.3) is 8.32 Å². The molecule has 0 aromatic heterocycles. The third-order valence-electron chi connectivity index (χ3n) is 7.02. The third-order valence-corrected chi connectivity index (χ3v) is 19.9. The van der Waals surface area contributed by atoms with Crippen molar-refractivity contribution in [1.29, 1.82) is 0 Å². The van der Waals surface area contributed by atoms with E-state index in [0.717, 1.165) is 0 Å². The Morgan fingerprint density at radius 2 is 1.19 bits per heavy atom. The maximum Gasteiger partial charge on any atom is 0.257 e. The molecule has 0 N–H and O–H groups in total. The minimum atomic E-state index is -1.88. The van der Waals surface area contributed by atoms with E-state index in [1.807, 2.05) is 0 Å². The molecule has 0 aromatic rings. The molecular formula is C23H48OSi2. The predicted molar refractivity (Wildman–Crippen MR) is 124 cm³/mol. The standard InChI is InChI=1S/C23H48OSi2/c1-14-15-16-20-21(26(20,22(8,9)10)23(11,12)13)24-25(17(2)3,18(4)5)19(6)7/h17-19H,14-16H2,1-13H3. The fourth-order valence-electron chi connectivity index (χ4n) is 6.34. The highest BCUT2D eigenvalue weighted by molar-refractivity contribution is 7.06. The maximum absolute atomic E-state index is 7.39. The molecule has 1 aliphatic rings. The fraction of sp³-hybridized carbons (Fsp3) is 0.913. The van der Waals surface area contributed by atoms with E-state index in [1.54, 1.807) is 5.20 Å². The van der Waals surface area contributed by atoms with Crippen LogP contribution in [0.15, 0.2) is 10.6 Å². The number of allylic oxidation sites excluding steroid dienone is 1. The Labute approximate surface area is 167 Å². The zero-order valence-electron chi connectivity index (χ0n) is 20.3. The predicted octanol–water partition coefficient (Wildman–Crippen LogP) is 8.76. The van der Waals surface area contributed by atoms with E-state index in [1.165, 1.54) is 24.6 Å². The molecule has 0 saturated heterocycles. The molecule has 0 atom stereocenters. The van der Waals surface area contributed by atoms with Crippen LogP contribution in [0.3, 0.4) is 0 Å². The van der Waals surface area contributed by atoms with Crippen LogP contribution in [0.4, 0.5) is 0 Å². The van der Waals surface area contributed by atoms with Crippen molar-refractivity contribution in [1.82, 2.24) is 0 Å². The van der Waals surface area contributed by atoms with E-state index in [-0.39, 0.29) is 0 Å². The van der Waals surface area contributed by atoms with Gasteiger partial charge in [0.1, 0.15) is 0 Å². The van der Waals surface area contributed by atoms with E-state index in [9.17, 15) is 0 Å². The van der Waals surface area contributed by atoms with E-state index in [2.05, 4.69) is 90.0 Å². The molecule has 1 aliphatic heterocycles. The maximum atomic E-state index is 7.39. The van der Waals surface area contributed by atoms with Crippen molar-refractivity contribution in [3.63, 3.8) is 0 Å². The van der Waals surface area contributed by atoms with Gasteiger partial charge in [-0.25, -0.2) is 0 Å². The van der Waals surface area contributed by atoms with Crippen molar-refractivity contribution in [2.24, 2.45) is 0 Å². The molecule has 1 heterocycles. The van der Waals surface area contributed by atoms with Crippen LogP contribution < -0.4 is 0 Å². The molecule has 0 aliphatic carbocycles. The molecule has 1 nitrogen and oxygen atoms in total. The van der Waals surface area contributed by atoms with Crippen molar-refractivity contribution in [3.8, 4) is 0 Å². The van der Waals surface area contributed by atoms with Gasteiger partial charge in [-0.2, -0.15) is 0 Å². The molecule has 3 heteroatoms. The largest absolute Gasteiger partial charge is 0.550 e. The highest BCUT2D eigenvalue weighted by Crippen LogP contribution is 2.70. The average Bonchev–Trinajstić information content (AvgIpc) is 3.09. The van der Waals surface area contributed by atoms with Crippen LogP contribution in [-0.2, 0) is 4.43 Å². The zero-order valence-corrected chi connectivity index (χ0v) is 22.3. The molecule has 0 bridgehead atoms. The lowest BCUT2D eigenvalue weighted by Crippen LogP contribution is -2.50. The Bertz CT molecular complexity index is 480. The first kappa shape index (κ1) is 24.0. The monoisotopic (exact) mass is 396 g/mol. The van der Waals surface area contributed by atoms with Gasteiger partial charge in [0.05, 0.1) is 5.38 Å². The SMILES string of the molecule is CCCCC1=C(O[Si](C(C)C)(C(C)C)C(C)C)[Si]1(C(C)(C)C)C(C)(C)C. The average molecular weight is 397 g/mol. The van der Waals surface area contributed by atoms with Crippen LogP contribution in [-0.4, -0.2) is 16.4 Å². The Kier molecular flexibility index (Phi) is 7.18. The van der Waals surface area contributed by atoms with Gasteiger partial charge in [-0.05, 0) is 38.3 Å². The van der Waals surface area contributed by atoms with Gasteiger partial charge < -0.3 is 4.43 Å². The van der Waals surface area contributed by atoms with Gasteiger partial charge in [-0.1, -0.05) is 103 Å². The minimum Gasteiger partial charge on any atom is -0.550 e. The Morgan fingerprint density at radius 1 is 0.808 bits per heavy atom. The number of hydrogen-bond donors (Lipinski definition) is 0. The summed E-state index contributed by atoms with van der Waals surface area (Å²) in [7, 11) is -3.63. The summed E-state index contributed by atoms with van der Waals surface area (Å²) in [5, 5.41) is 3.97. The normalized spacial score (nSPS) is 18.3. The molecule has 0 radical (unpaired) electrons. The summed E-state index contributed by atoms with van der Waals surface area (Å²) in [5.74, 6) is 0. The van der Waals surface area contributed by atoms with Crippen LogP contribution in [0.5, 0.6) is 0 Å². The smallest absolute Gasteiger partial charge is 0.257 e. The van der Waals surface area contributed by atoms with Crippen LogP contribution in [0, 0.1) is 0 Å². The van der Waals surface area contributed by atoms with Gasteiger partial charge >= 0.3 is 0 Å². The van der Waals surface area contributed by atoms with Crippen molar-refractivity contribution in [2.75, 3.05) is 0 Å². The summed E-state index contributed by atoms with van der Waals surface area (Å²) >= 11 is 0.